The van der Waals surface area contributed by atoms with Crippen molar-refractivity contribution >= 4 is 15.9 Å². The van der Waals surface area contributed by atoms with Gasteiger partial charge in [0.2, 0.25) is 0 Å². The van der Waals surface area contributed by atoms with Crippen LogP contribution in [0.1, 0.15) is 44.2 Å². The molecule has 1 unspecified atom stereocenters. The first kappa shape index (κ1) is 14.0. The summed E-state index contributed by atoms with van der Waals surface area (Å²) < 4.78 is 1.21. The highest BCUT2D eigenvalue weighted by molar-refractivity contribution is 9.10. The van der Waals surface area contributed by atoms with Crippen LogP contribution in [-0.2, 0) is 0 Å². The molecule has 0 radical (unpaired) electrons. The molecule has 3 heteroatoms. The fourth-order valence-corrected chi connectivity index (χ4v) is 3.47. The molecule has 0 amide bonds. The maximum absolute atomic E-state index is 5.98. The van der Waals surface area contributed by atoms with E-state index in [9.17, 15) is 0 Å². The highest BCUT2D eigenvalue weighted by Gasteiger charge is 2.25. The van der Waals surface area contributed by atoms with Gasteiger partial charge in [0.25, 0.3) is 0 Å². The van der Waals surface area contributed by atoms with Gasteiger partial charge in [-0.2, -0.15) is 0 Å². The van der Waals surface area contributed by atoms with Crippen molar-refractivity contribution in [3.05, 3.63) is 34.3 Å². The van der Waals surface area contributed by atoms with E-state index in [-0.39, 0.29) is 0 Å². The van der Waals surface area contributed by atoms with Gasteiger partial charge in [0, 0.05) is 22.6 Å². The summed E-state index contributed by atoms with van der Waals surface area (Å²) in [6.07, 6.45) is 4.79. The van der Waals surface area contributed by atoms with Gasteiger partial charge in [-0.1, -0.05) is 34.1 Å². The molecule has 0 heterocycles. The highest BCUT2D eigenvalue weighted by Crippen LogP contribution is 2.31. The first-order valence-electron chi connectivity index (χ1n) is 6.81. The van der Waals surface area contributed by atoms with Crippen LogP contribution in [0.3, 0.4) is 0 Å². The molecule has 1 aromatic carbocycles. The minimum Gasteiger partial charge on any atom is -0.328 e. The molecule has 100 valence electrons. The van der Waals surface area contributed by atoms with Crippen LogP contribution in [-0.4, -0.2) is 24.0 Å². The molecule has 1 aliphatic carbocycles. The summed E-state index contributed by atoms with van der Waals surface area (Å²) in [6.45, 7) is 2.29. The van der Waals surface area contributed by atoms with E-state index in [0.717, 1.165) is 12.8 Å². The van der Waals surface area contributed by atoms with E-state index in [1.165, 1.54) is 22.9 Å². The maximum atomic E-state index is 5.98. The van der Waals surface area contributed by atoms with Gasteiger partial charge in [-0.25, -0.2) is 0 Å². The van der Waals surface area contributed by atoms with Gasteiger partial charge >= 0.3 is 0 Å². The molecule has 2 N–H and O–H groups in total. The average molecular weight is 311 g/mol. The Balaban J connectivity index is 2.05. The van der Waals surface area contributed by atoms with Crippen molar-refractivity contribution in [1.82, 2.24) is 4.90 Å². The van der Waals surface area contributed by atoms with Gasteiger partial charge in [0.1, 0.15) is 0 Å². The number of halogens is 1. The third-order valence-corrected chi connectivity index (χ3v) is 5.01. The predicted octanol–water partition coefficient (Wildman–Crippen LogP) is 3.71. The quantitative estimate of drug-likeness (QED) is 0.922. The summed E-state index contributed by atoms with van der Waals surface area (Å²) in [6, 6.07) is 10.1. The summed E-state index contributed by atoms with van der Waals surface area (Å²) in [5, 5.41) is 0. The van der Waals surface area contributed by atoms with E-state index >= 15 is 0 Å². The van der Waals surface area contributed by atoms with Crippen LogP contribution < -0.4 is 5.73 Å². The molecule has 1 saturated carbocycles. The van der Waals surface area contributed by atoms with Crippen LogP contribution in [0.4, 0.5) is 0 Å². The molecule has 0 spiro atoms. The SMILES string of the molecule is CC(c1ccccc1Br)N(C)C1CCC(N)CC1. The largest absolute Gasteiger partial charge is 0.328 e. The van der Waals surface area contributed by atoms with Gasteiger partial charge < -0.3 is 5.73 Å². The van der Waals surface area contributed by atoms with Crippen molar-refractivity contribution < 1.29 is 0 Å². The molecular weight excluding hydrogens is 288 g/mol. The van der Waals surface area contributed by atoms with Crippen LogP contribution in [0, 0.1) is 0 Å². The van der Waals surface area contributed by atoms with E-state index in [0.29, 0.717) is 18.1 Å². The van der Waals surface area contributed by atoms with Gasteiger partial charge in [-0.3, -0.25) is 4.90 Å². The highest BCUT2D eigenvalue weighted by atomic mass is 79.9. The Morgan fingerprint density at radius 3 is 2.44 bits per heavy atom. The second-order valence-electron chi connectivity index (χ2n) is 5.43. The second-order valence-corrected chi connectivity index (χ2v) is 6.29. The van der Waals surface area contributed by atoms with E-state index in [1.807, 2.05) is 0 Å². The molecule has 0 aromatic heterocycles. The lowest BCUT2D eigenvalue weighted by Gasteiger charge is -2.37. The van der Waals surface area contributed by atoms with Gasteiger partial charge in [-0.15, -0.1) is 0 Å². The van der Waals surface area contributed by atoms with Crippen molar-refractivity contribution in [2.45, 2.75) is 50.7 Å². The van der Waals surface area contributed by atoms with Gasteiger partial charge in [-0.05, 0) is 51.3 Å². The zero-order valence-corrected chi connectivity index (χ0v) is 12.9. The van der Waals surface area contributed by atoms with Crippen LogP contribution in [0.2, 0.25) is 0 Å². The minimum atomic E-state index is 0.424. The summed E-state index contributed by atoms with van der Waals surface area (Å²) in [5.41, 5.74) is 7.35. The Morgan fingerprint density at radius 1 is 1.22 bits per heavy atom. The normalized spacial score (nSPS) is 26.3. The van der Waals surface area contributed by atoms with Crippen LogP contribution in [0.15, 0.2) is 28.7 Å². The van der Waals surface area contributed by atoms with Crippen LogP contribution in [0.25, 0.3) is 0 Å². The first-order valence-corrected chi connectivity index (χ1v) is 7.61. The average Bonchev–Trinajstić information content (AvgIpc) is 2.38. The summed E-state index contributed by atoms with van der Waals surface area (Å²) >= 11 is 3.65. The topological polar surface area (TPSA) is 29.3 Å². The Labute approximate surface area is 119 Å². The third kappa shape index (κ3) is 3.14. The van der Waals surface area contributed by atoms with Crippen molar-refractivity contribution in [3.63, 3.8) is 0 Å². The molecule has 2 nitrogen and oxygen atoms in total. The Kier molecular flexibility index (Phi) is 4.82. The van der Waals surface area contributed by atoms with Crippen molar-refractivity contribution in [1.29, 1.82) is 0 Å². The number of hydrogen-bond acceptors (Lipinski definition) is 2. The molecular formula is C15H23BrN2. The van der Waals surface area contributed by atoms with E-state index in [4.69, 9.17) is 5.73 Å². The number of nitrogens with zero attached hydrogens (tertiary/aromatic N) is 1. The smallest absolute Gasteiger partial charge is 0.0330 e. The zero-order valence-electron chi connectivity index (χ0n) is 11.3. The Hall–Kier alpha value is -0.380. The van der Waals surface area contributed by atoms with Gasteiger partial charge in [0.05, 0.1) is 0 Å². The fourth-order valence-electron chi connectivity index (χ4n) is 2.86. The number of rotatable bonds is 3. The fraction of sp³-hybridized carbons (Fsp3) is 0.600. The van der Waals surface area contributed by atoms with E-state index in [2.05, 4.69) is 59.1 Å². The molecule has 2 rings (SSSR count). The molecule has 0 saturated heterocycles. The van der Waals surface area contributed by atoms with Gasteiger partial charge in [0.15, 0.2) is 0 Å². The molecule has 0 aliphatic heterocycles. The lowest BCUT2D eigenvalue weighted by Crippen LogP contribution is -2.39. The Bertz CT molecular complexity index is 386. The zero-order chi connectivity index (χ0) is 13.1. The third-order valence-electron chi connectivity index (χ3n) is 4.28. The number of nitrogens with two attached hydrogens (primary N) is 1. The summed E-state index contributed by atoms with van der Waals surface area (Å²) in [5.74, 6) is 0. The molecule has 1 aromatic rings. The van der Waals surface area contributed by atoms with Crippen molar-refractivity contribution in [3.8, 4) is 0 Å². The minimum absolute atomic E-state index is 0.424. The standard InChI is InChI=1S/C15H23BrN2/c1-11(14-5-3-4-6-15(14)16)18(2)13-9-7-12(17)8-10-13/h3-6,11-13H,7-10,17H2,1-2H3. The lowest BCUT2D eigenvalue weighted by molar-refractivity contribution is 0.140. The van der Waals surface area contributed by atoms with Crippen molar-refractivity contribution in [2.75, 3.05) is 7.05 Å². The monoisotopic (exact) mass is 310 g/mol. The second kappa shape index (κ2) is 6.18. The van der Waals surface area contributed by atoms with Crippen molar-refractivity contribution in [2.24, 2.45) is 5.73 Å². The number of benzene rings is 1. The molecule has 0 bridgehead atoms. The molecule has 1 aliphatic rings. The lowest BCUT2D eigenvalue weighted by atomic mass is 9.90. The Morgan fingerprint density at radius 2 is 1.83 bits per heavy atom. The van der Waals surface area contributed by atoms with Crippen LogP contribution in [0.5, 0.6) is 0 Å². The summed E-state index contributed by atoms with van der Waals surface area (Å²) in [4.78, 5) is 2.51. The van der Waals surface area contributed by atoms with Crippen LogP contribution >= 0.6 is 15.9 Å². The molecule has 1 atom stereocenters. The summed E-state index contributed by atoms with van der Waals surface area (Å²) in [7, 11) is 2.24. The van der Waals surface area contributed by atoms with E-state index < -0.39 is 0 Å². The first-order chi connectivity index (χ1) is 8.59. The van der Waals surface area contributed by atoms with E-state index in [1.54, 1.807) is 0 Å². The maximum Gasteiger partial charge on any atom is 0.0330 e. The molecule has 18 heavy (non-hydrogen) atoms. The predicted molar refractivity (Wildman–Crippen MR) is 80.6 cm³/mol. The number of hydrogen-bond donors (Lipinski definition) is 1. The molecule has 1 fully saturated rings.